The maximum Gasteiger partial charge on any atom is 0.573 e. The van der Waals surface area contributed by atoms with Crippen molar-refractivity contribution in [3.63, 3.8) is 0 Å². The highest BCUT2D eigenvalue weighted by Gasteiger charge is 2.33. The molecule has 0 aliphatic carbocycles. The minimum absolute atomic E-state index is 0.0327. The molecule has 0 amide bonds. The first-order valence-electron chi connectivity index (χ1n) is 10.3. The SMILES string of the molecule is COCCSc1ccc(C(O)c2nc3c(Cl)c(-c4ccccc4OC(F)(F)F)c(Cl)cc3[nH]2)cc1. The number of nitrogens with zero attached hydrogens (tertiary/aromatic N) is 1. The summed E-state index contributed by atoms with van der Waals surface area (Å²) in [5, 5.41) is 11.0. The quantitative estimate of drug-likeness (QED) is 0.181. The van der Waals surface area contributed by atoms with Gasteiger partial charge in [0.15, 0.2) is 0 Å². The van der Waals surface area contributed by atoms with E-state index in [1.54, 1.807) is 37.1 Å². The van der Waals surface area contributed by atoms with E-state index in [-0.39, 0.29) is 32.5 Å². The van der Waals surface area contributed by atoms with Gasteiger partial charge in [-0.2, -0.15) is 0 Å². The molecule has 0 saturated carbocycles. The first kappa shape index (κ1) is 25.7. The lowest BCUT2D eigenvalue weighted by atomic mass is 10.0. The second-order valence-corrected chi connectivity index (χ2v) is 9.38. The number of ether oxygens (including phenoxy) is 2. The molecular weight excluding hydrogens is 524 g/mol. The van der Waals surface area contributed by atoms with E-state index in [0.717, 1.165) is 10.6 Å². The molecule has 0 aliphatic rings. The van der Waals surface area contributed by atoms with Crippen LogP contribution in [0, 0.1) is 0 Å². The van der Waals surface area contributed by atoms with Gasteiger partial charge in [-0.15, -0.1) is 24.9 Å². The van der Waals surface area contributed by atoms with Gasteiger partial charge in [0.1, 0.15) is 23.2 Å². The number of imidazole rings is 1. The van der Waals surface area contributed by atoms with Gasteiger partial charge < -0.3 is 19.6 Å². The van der Waals surface area contributed by atoms with Gasteiger partial charge in [0.05, 0.1) is 22.2 Å². The van der Waals surface area contributed by atoms with Crippen LogP contribution in [-0.2, 0) is 4.74 Å². The standard InChI is InChI=1S/C24H19Cl2F3N2O3S/c1-33-10-11-35-14-8-6-13(7-9-14)22(32)23-30-17-12-16(25)19(20(26)21(17)31-23)15-4-2-3-5-18(15)34-24(27,28)29/h2-9,12,22,32H,10-11H2,1H3,(H,30,31). The fraction of sp³-hybridized carbons (Fsp3) is 0.208. The van der Waals surface area contributed by atoms with Gasteiger partial charge in [-0.25, -0.2) is 4.98 Å². The molecule has 0 radical (unpaired) electrons. The Morgan fingerprint density at radius 2 is 1.83 bits per heavy atom. The molecular formula is C24H19Cl2F3N2O3S. The molecule has 2 N–H and O–H groups in total. The van der Waals surface area contributed by atoms with Crippen molar-refractivity contribution in [2.24, 2.45) is 0 Å². The summed E-state index contributed by atoms with van der Waals surface area (Å²) in [6.07, 6.45) is -5.97. The minimum atomic E-state index is -4.89. The topological polar surface area (TPSA) is 67.4 Å². The van der Waals surface area contributed by atoms with Gasteiger partial charge >= 0.3 is 6.36 Å². The van der Waals surface area contributed by atoms with Crippen molar-refractivity contribution in [1.82, 2.24) is 9.97 Å². The smallest absolute Gasteiger partial charge is 0.405 e. The van der Waals surface area contributed by atoms with E-state index in [9.17, 15) is 18.3 Å². The number of aliphatic hydroxyl groups excluding tert-OH is 1. The predicted molar refractivity (Wildman–Crippen MR) is 131 cm³/mol. The van der Waals surface area contributed by atoms with Crippen LogP contribution < -0.4 is 4.74 Å². The third-order valence-electron chi connectivity index (χ3n) is 5.08. The molecule has 1 heterocycles. The Hall–Kier alpha value is -2.43. The van der Waals surface area contributed by atoms with Crippen molar-refractivity contribution >= 4 is 46.0 Å². The van der Waals surface area contributed by atoms with Crippen molar-refractivity contribution in [3.8, 4) is 16.9 Å². The van der Waals surface area contributed by atoms with Crippen molar-refractivity contribution < 1.29 is 27.8 Å². The van der Waals surface area contributed by atoms with Crippen molar-refractivity contribution in [1.29, 1.82) is 0 Å². The van der Waals surface area contributed by atoms with Crippen LogP contribution in [-0.4, -0.2) is 40.9 Å². The third kappa shape index (κ3) is 5.87. The summed E-state index contributed by atoms with van der Waals surface area (Å²) in [6.45, 7) is 0.631. The van der Waals surface area contributed by atoms with Crippen molar-refractivity contribution in [3.05, 3.63) is 76.0 Å². The zero-order valence-corrected chi connectivity index (χ0v) is 20.5. The van der Waals surface area contributed by atoms with Crippen LogP contribution in [0.5, 0.6) is 5.75 Å². The van der Waals surface area contributed by atoms with E-state index < -0.39 is 18.2 Å². The number of rotatable bonds is 8. The summed E-state index contributed by atoms with van der Waals surface area (Å²) < 4.78 is 47.9. The number of alkyl halides is 3. The van der Waals surface area contributed by atoms with Crippen LogP contribution in [0.1, 0.15) is 17.5 Å². The third-order valence-corrected chi connectivity index (χ3v) is 6.72. The van der Waals surface area contributed by atoms with Gasteiger partial charge in [-0.05, 0) is 29.8 Å². The highest BCUT2D eigenvalue weighted by Crippen LogP contribution is 2.44. The maximum absolute atomic E-state index is 12.9. The summed E-state index contributed by atoms with van der Waals surface area (Å²) in [5.41, 5.74) is 1.50. The average molecular weight is 543 g/mol. The highest BCUT2D eigenvalue weighted by atomic mass is 35.5. The zero-order chi connectivity index (χ0) is 25.2. The Morgan fingerprint density at radius 3 is 2.51 bits per heavy atom. The van der Waals surface area contributed by atoms with Gasteiger partial charge in [-0.1, -0.05) is 53.5 Å². The lowest BCUT2D eigenvalue weighted by Gasteiger charge is -2.15. The summed E-state index contributed by atoms with van der Waals surface area (Å²) in [5.74, 6) is 0.581. The van der Waals surface area contributed by atoms with Gasteiger partial charge in [0.2, 0.25) is 0 Å². The van der Waals surface area contributed by atoms with E-state index in [2.05, 4.69) is 14.7 Å². The van der Waals surface area contributed by atoms with Gasteiger partial charge in [0.25, 0.3) is 0 Å². The number of H-pyrrole nitrogens is 1. The number of aliphatic hydroxyl groups is 1. The molecule has 184 valence electrons. The number of halogens is 5. The second kappa shape index (κ2) is 10.7. The van der Waals surface area contributed by atoms with Crippen LogP contribution in [0.25, 0.3) is 22.2 Å². The lowest BCUT2D eigenvalue weighted by Crippen LogP contribution is -2.17. The molecule has 11 heteroatoms. The largest absolute Gasteiger partial charge is 0.573 e. The Bertz CT molecular complexity index is 1330. The molecule has 1 atom stereocenters. The fourth-order valence-electron chi connectivity index (χ4n) is 3.51. The average Bonchev–Trinajstić information content (AvgIpc) is 3.24. The van der Waals surface area contributed by atoms with Gasteiger partial charge in [0, 0.05) is 28.9 Å². The second-order valence-electron chi connectivity index (χ2n) is 7.42. The first-order chi connectivity index (χ1) is 16.7. The molecule has 0 aliphatic heterocycles. The number of para-hydroxylation sites is 1. The number of benzene rings is 3. The van der Waals surface area contributed by atoms with Crippen molar-refractivity contribution in [2.75, 3.05) is 19.5 Å². The van der Waals surface area contributed by atoms with Crippen LogP contribution in [0.3, 0.4) is 0 Å². The minimum Gasteiger partial charge on any atom is -0.405 e. The number of methoxy groups -OCH3 is 1. The molecule has 4 aromatic rings. The summed E-state index contributed by atoms with van der Waals surface area (Å²) in [4.78, 5) is 8.45. The predicted octanol–water partition coefficient (Wildman–Crippen LogP) is 7.26. The van der Waals surface area contributed by atoms with Crippen LogP contribution in [0.4, 0.5) is 13.2 Å². The van der Waals surface area contributed by atoms with Crippen LogP contribution >= 0.6 is 35.0 Å². The van der Waals surface area contributed by atoms with E-state index in [1.807, 2.05) is 12.1 Å². The van der Waals surface area contributed by atoms with E-state index in [4.69, 9.17) is 27.9 Å². The van der Waals surface area contributed by atoms with E-state index in [1.165, 1.54) is 24.3 Å². The Morgan fingerprint density at radius 1 is 1.11 bits per heavy atom. The number of nitrogens with one attached hydrogen (secondary N) is 1. The molecule has 0 bridgehead atoms. The zero-order valence-electron chi connectivity index (χ0n) is 18.2. The van der Waals surface area contributed by atoms with Crippen LogP contribution in [0.2, 0.25) is 10.0 Å². The maximum atomic E-state index is 12.9. The van der Waals surface area contributed by atoms with Crippen LogP contribution in [0.15, 0.2) is 59.5 Å². The number of hydrogen-bond acceptors (Lipinski definition) is 5. The van der Waals surface area contributed by atoms with Crippen molar-refractivity contribution in [2.45, 2.75) is 17.4 Å². The number of hydrogen-bond donors (Lipinski definition) is 2. The highest BCUT2D eigenvalue weighted by molar-refractivity contribution is 7.99. The first-order valence-corrected chi connectivity index (χ1v) is 12.0. The Labute approximate surface area is 213 Å². The molecule has 0 spiro atoms. The number of aromatic nitrogens is 2. The number of fused-ring (bicyclic) bond motifs is 1. The number of aromatic amines is 1. The number of thioether (sulfide) groups is 1. The monoisotopic (exact) mass is 542 g/mol. The summed E-state index contributed by atoms with van der Waals surface area (Å²) in [7, 11) is 1.64. The molecule has 4 rings (SSSR count). The Kier molecular flexibility index (Phi) is 7.83. The lowest BCUT2D eigenvalue weighted by molar-refractivity contribution is -0.274. The summed E-state index contributed by atoms with van der Waals surface area (Å²) >= 11 is 14.6. The van der Waals surface area contributed by atoms with E-state index in [0.29, 0.717) is 17.7 Å². The molecule has 3 aromatic carbocycles. The molecule has 1 aromatic heterocycles. The Balaban J connectivity index is 1.68. The fourth-order valence-corrected chi connectivity index (χ4v) is 5.03. The summed E-state index contributed by atoms with van der Waals surface area (Å²) in [6, 6.07) is 14.4. The molecule has 0 saturated heterocycles. The van der Waals surface area contributed by atoms with E-state index >= 15 is 0 Å². The molecule has 35 heavy (non-hydrogen) atoms. The molecule has 5 nitrogen and oxygen atoms in total. The van der Waals surface area contributed by atoms with Gasteiger partial charge in [-0.3, -0.25) is 0 Å². The molecule has 0 fully saturated rings. The normalized spacial score (nSPS) is 12.8. The molecule has 1 unspecified atom stereocenters.